The minimum absolute atomic E-state index is 0.320. The van der Waals surface area contributed by atoms with Crippen LogP contribution in [0.15, 0.2) is 40.9 Å². The number of carbonyl (C=O) groups is 1. The first-order chi connectivity index (χ1) is 14.9. The summed E-state index contributed by atoms with van der Waals surface area (Å²) >= 11 is 3.58. The number of para-hydroxylation sites is 1. The Labute approximate surface area is 188 Å². The summed E-state index contributed by atoms with van der Waals surface area (Å²) in [6.45, 7) is 4.99. The molecule has 0 aromatic heterocycles. The molecule has 1 amide bonds. The maximum atomic E-state index is 13.2. The molecule has 0 saturated carbocycles. The molecule has 2 heterocycles. The Hall–Kier alpha value is -2.65. The van der Waals surface area contributed by atoms with Crippen molar-refractivity contribution in [3.8, 4) is 11.5 Å². The lowest BCUT2D eigenvalue weighted by Gasteiger charge is -2.30. The molecule has 2 aromatic rings. The van der Waals surface area contributed by atoms with Crippen LogP contribution >= 0.6 is 15.9 Å². The van der Waals surface area contributed by atoms with E-state index in [1.807, 2.05) is 19.9 Å². The van der Waals surface area contributed by atoms with Gasteiger partial charge >= 0.3 is 0 Å². The van der Waals surface area contributed by atoms with E-state index in [9.17, 15) is 14.9 Å². The summed E-state index contributed by atoms with van der Waals surface area (Å²) in [6, 6.07) is 9.59. The number of anilines is 1. The van der Waals surface area contributed by atoms with E-state index in [-0.39, 0.29) is 10.8 Å². The summed E-state index contributed by atoms with van der Waals surface area (Å²) in [5.74, 6) is 0.195. The van der Waals surface area contributed by atoms with Crippen LogP contribution in [0.3, 0.4) is 0 Å². The van der Waals surface area contributed by atoms with Crippen LogP contribution in [0.1, 0.15) is 30.9 Å². The van der Waals surface area contributed by atoms with Crippen LogP contribution in [0.2, 0.25) is 0 Å². The van der Waals surface area contributed by atoms with Gasteiger partial charge in [0.25, 0.3) is 11.9 Å². The van der Waals surface area contributed by atoms with Crippen LogP contribution in [0.5, 0.6) is 11.5 Å². The van der Waals surface area contributed by atoms with Gasteiger partial charge in [-0.15, -0.1) is 0 Å². The number of likely N-dealkylation sites (N-methyl/N-ethyl adjacent to an activating group) is 1. The predicted molar refractivity (Wildman–Crippen MR) is 119 cm³/mol. The maximum Gasteiger partial charge on any atom is 0.256 e. The molecule has 2 aromatic carbocycles. The highest BCUT2D eigenvalue weighted by Crippen LogP contribution is 2.53. The molecule has 164 valence electrons. The third-order valence-corrected chi connectivity index (χ3v) is 6.79. The number of rotatable bonds is 6. The van der Waals surface area contributed by atoms with E-state index in [4.69, 9.17) is 9.47 Å². The first-order valence-electron chi connectivity index (χ1n) is 10.2. The molecule has 1 spiro atoms. The van der Waals surface area contributed by atoms with Gasteiger partial charge in [-0.05, 0) is 44.7 Å². The second-order valence-electron chi connectivity index (χ2n) is 7.67. The number of ether oxygens (including phenoxy) is 2. The summed E-state index contributed by atoms with van der Waals surface area (Å²) in [5.41, 5.74) is 0.593. The van der Waals surface area contributed by atoms with Crippen molar-refractivity contribution < 1.29 is 19.2 Å². The van der Waals surface area contributed by atoms with Crippen molar-refractivity contribution in [1.82, 2.24) is 4.90 Å². The Morgan fingerprint density at radius 3 is 2.52 bits per heavy atom. The molecular weight excluding hydrogens is 466 g/mol. The number of fused-ring (bicyclic) bond motifs is 2. The Morgan fingerprint density at radius 1 is 1.23 bits per heavy atom. The number of likely N-dealkylation sites (tertiary alicyclic amines) is 1. The zero-order valence-corrected chi connectivity index (χ0v) is 19.1. The zero-order chi connectivity index (χ0) is 22.3. The third-order valence-electron chi connectivity index (χ3n) is 6.10. The maximum absolute atomic E-state index is 13.2. The summed E-state index contributed by atoms with van der Waals surface area (Å²) in [4.78, 5) is 27.2. The molecule has 9 heteroatoms. The smallest absolute Gasteiger partial charge is 0.256 e. The van der Waals surface area contributed by atoms with Gasteiger partial charge in [-0.25, -0.2) is 0 Å². The molecule has 0 aliphatic carbocycles. The molecule has 31 heavy (non-hydrogen) atoms. The van der Waals surface area contributed by atoms with Crippen molar-refractivity contribution in [2.75, 3.05) is 32.1 Å². The largest absolute Gasteiger partial charge is 0.490 e. The fraction of sp³-hybridized carbons (Fsp3) is 0.409. The van der Waals surface area contributed by atoms with Gasteiger partial charge in [0.15, 0.2) is 17.0 Å². The standard InChI is InChI=1S/C22H24BrN3O5/c1-4-30-18-10-13(16(23)11-19(18)31-5-2)14-12-25(3)22(20(14)26(28)29)15-8-6-7-9-17(15)24-21(22)27/h6-11,14,20H,4-5,12H2,1-3H3,(H,24,27)/t14-,20-,22+/m0/s1. The fourth-order valence-electron chi connectivity index (χ4n) is 4.93. The number of amides is 1. The first kappa shape index (κ1) is 21.6. The van der Waals surface area contributed by atoms with Crippen molar-refractivity contribution >= 4 is 27.5 Å². The Morgan fingerprint density at radius 2 is 1.87 bits per heavy atom. The quantitative estimate of drug-likeness (QED) is 0.490. The number of benzene rings is 2. The van der Waals surface area contributed by atoms with Crippen molar-refractivity contribution in [1.29, 1.82) is 0 Å². The molecular formula is C22H24BrN3O5. The molecule has 0 bridgehead atoms. The van der Waals surface area contributed by atoms with Crippen LogP contribution in [0.4, 0.5) is 5.69 Å². The Kier molecular flexibility index (Phi) is 5.65. The van der Waals surface area contributed by atoms with Gasteiger partial charge in [-0.2, -0.15) is 0 Å². The minimum atomic E-state index is -1.38. The lowest BCUT2D eigenvalue weighted by Crippen LogP contribution is -2.54. The second kappa shape index (κ2) is 8.12. The minimum Gasteiger partial charge on any atom is -0.490 e. The molecule has 2 aliphatic heterocycles. The fourth-order valence-corrected chi connectivity index (χ4v) is 5.55. The first-order valence-corrected chi connectivity index (χ1v) is 11.0. The van der Waals surface area contributed by atoms with Crippen molar-refractivity contribution in [3.63, 3.8) is 0 Å². The van der Waals surface area contributed by atoms with E-state index >= 15 is 0 Å². The lowest BCUT2D eigenvalue weighted by molar-refractivity contribution is -0.534. The molecule has 3 atom stereocenters. The number of nitrogens with zero attached hydrogens (tertiary/aromatic N) is 2. The van der Waals surface area contributed by atoms with E-state index in [2.05, 4.69) is 21.2 Å². The van der Waals surface area contributed by atoms with Crippen molar-refractivity contribution in [2.24, 2.45) is 0 Å². The lowest BCUT2D eigenvalue weighted by atomic mass is 9.79. The van der Waals surface area contributed by atoms with E-state index in [0.29, 0.717) is 47.0 Å². The molecule has 0 radical (unpaired) electrons. The number of hydrogen-bond acceptors (Lipinski definition) is 6. The molecule has 1 fully saturated rings. The molecule has 0 unspecified atom stereocenters. The second-order valence-corrected chi connectivity index (χ2v) is 8.52. The van der Waals surface area contributed by atoms with Gasteiger partial charge in [0, 0.05) is 27.2 Å². The van der Waals surface area contributed by atoms with Gasteiger partial charge in [0.2, 0.25) is 0 Å². The van der Waals surface area contributed by atoms with E-state index < -0.39 is 17.5 Å². The average molecular weight is 490 g/mol. The summed E-state index contributed by atoms with van der Waals surface area (Å²) in [7, 11) is 1.77. The van der Waals surface area contributed by atoms with Gasteiger partial charge in [0.05, 0.1) is 19.1 Å². The van der Waals surface area contributed by atoms with E-state index in [1.165, 1.54) is 0 Å². The van der Waals surface area contributed by atoms with Crippen LogP contribution in [0.25, 0.3) is 0 Å². The molecule has 1 saturated heterocycles. The zero-order valence-electron chi connectivity index (χ0n) is 17.6. The number of hydrogen-bond donors (Lipinski definition) is 1. The Balaban J connectivity index is 1.87. The van der Waals surface area contributed by atoms with Crippen LogP contribution in [0, 0.1) is 10.1 Å². The van der Waals surface area contributed by atoms with Crippen LogP contribution in [-0.4, -0.2) is 48.6 Å². The van der Waals surface area contributed by atoms with Gasteiger partial charge < -0.3 is 14.8 Å². The highest BCUT2D eigenvalue weighted by atomic mass is 79.9. The summed E-state index contributed by atoms with van der Waals surface area (Å²) < 4.78 is 12.1. The predicted octanol–water partition coefficient (Wildman–Crippen LogP) is 3.77. The highest BCUT2D eigenvalue weighted by molar-refractivity contribution is 9.10. The molecule has 2 aliphatic rings. The third kappa shape index (κ3) is 3.18. The molecule has 8 nitrogen and oxygen atoms in total. The number of nitro groups is 1. The van der Waals surface area contributed by atoms with Crippen LogP contribution in [-0.2, 0) is 10.3 Å². The number of carbonyl (C=O) groups excluding carboxylic acids is 1. The summed E-state index contributed by atoms with van der Waals surface area (Å²) in [6.07, 6.45) is 0. The monoisotopic (exact) mass is 489 g/mol. The normalized spacial score (nSPS) is 24.8. The number of halogens is 1. The van der Waals surface area contributed by atoms with Crippen LogP contribution < -0.4 is 14.8 Å². The van der Waals surface area contributed by atoms with E-state index in [1.54, 1.807) is 42.3 Å². The van der Waals surface area contributed by atoms with Gasteiger partial charge in [-0.3, -0.25) is 19.8 Å². The van der Waals surface area contributed by atoms with Crippen molar-refractivity contribution in [3.05, 3.63) is 62.1 Å². The average Bonchev–Trinajstić information content (AvgIpc) is 3.20. The van der Waals surface area contributed by atoms with Gasteiger partial charge in [-0.1, -0.05) is 34.1 Å². The SMILES string of the molecule is CCOc1cc(Br)c([C@@H]2CN(C)[C@@]3(C(=O)Nc4ccccc43)[C@H]2[N+](=O)[O-])cc1OCC. The van der Waals surface area contributed by atoms with E-state index in [0.717, 1.165) is 5.56 Å². The van der Waals surface area contributed by atoms with Crippen molar-refractivity contribution in [2.45, 2.75) is 31.3 Å². The molecule has 4 rings (SSSR count). The number of nitrogens with one attached hydrogen (secondary N) is 1. The van der Waals surface area contributed by atoms with Gasteiger partial charge in [0.1, 0.15) is 0 Å². The summed E-state index contributed by atoms with van der Waals surface area (Å²) in [5, 5.41) is 15.3. The Bertz CT molecular complexity index is 1050. The highest BCUT2D eigenvalue weighted by Gasteiger charge is 2.68. The molecule has 1 N–H and O–H groups in total. The topological polar surface area (TPSA) is 93.9 Å².